The third-order valence-electron chi connectivity index (χ3n) is 6.13. The molecule has 0 N–H and O–H groups in total. The summed E-state index contributed by atoms with van der Waals surface area (Å²) in [5.41, 5.74) is 4.16. The molecule has 6 nitrogen and oxygen atoms in total. The van der Waals surface area contributed by atoms with Crippen LogP contribution in [-0.2, 0) is 17.6 Å². The summed E-state index contributed by atoms with van der Waals surface area (Å²) < 4.78 is 18.1. The number of ether oxygens (including phenoxy) is 2. The first kappa shape index (κ1) is 26.1. The lowest BCUT2D eigenvalue weighted by Gasteiger charge is -2.20. The number of carbonyl (C=O) groups excluding carboxylic acids is 2. The number of benzene rings is 2. The molecule has 0 spiro atoms. The minimum absolute atomic E-state index is 0.135. The quantitative estimate of drug-likeness (QED) is 0.265. The lowest BCUT2D eigenvalue weighted by molar-refractivity contribution is -0.111. The van der Waals surface area contributed by atoms with Gasteiger partial charge in [0.15, 0.2) is 0 Å². The molecule has 36 heavy (non-hydrogen) atoms. The van der Waals surface area contributed by atoms with E-state index in [1.807, 2.05) is 24.5 Å². The van der Waals surface area contributed by atoms with E-state index in [0.717, 1.165) is 47.9 Å². The van der Waals surface area contributed by atoms with Gasteiger partial charge in [-0.25, -0.2) is 0 Å². The van der Waals surface area contributed by atoms with E-state index in [-0.39, 0.29) is 15.8 Å². The molecule has 1 amide bonds. The second kappa shape index (κ2) is 11.0. The molecule has 4 rings (SSSR count). The minimum Gasteiger partial charge on any atom is -0.493 e. The van der Waals surface area contributed by atoms with Gasteiger partial charge in [-0.2, -0.15) is 0 Å². The van der Waals surface area contributed by atoms with Crippen LogP contribution >= 0.6 is 11.8 Å². The van der Waals surface area contributed by atoms with Crippen molar-refractivity contribution in [1.82, 2.24) is 0 Å². The average Bonchev–Trinajstić information content (AvgIpc) is 3.33. The molecular weight excluding hydrogens is 474 g/mol. The van der Waals surface area contributed by atoms with E-state index in [9.17, 15) is 9.59 Å². The summed E-state index contributed by atoms with van der Waals surface area (Å²) in [7, 11) is 0. The first-order valence-corrected chi connectivity index (χ1v) is 13.4. The number of hydrogen-bond donors (Lipinski definition) is 0. The van der Waals surface area contributed by atoms with E-state index in [1.54, 1.807) is 13.0 Å². The maximum atomic E-state index is 12.2. The highest BCUT2D eigenvalue weighted by Gasteiger charge is 2.37. The highest BCUT2D eigenvalue weighted by Crippen LogP contribution is 2.35. The third kappa shape index (κ3) is 5.89. The summed E-state index contributed by atoms with van der Waals surface area (Å²) in [6, 6.07) is 11.0. The number of thioether (sulfide) groups is 1. The minimum atomic E-state index is -0.473. The lowest BCUT2D eigenvalue weighted by Crippen LogP contribution is -2.32. The Morgan fingerprint density at radius 2 is 1.86 bits per heavy atom. The Labute approximate surface area is 217 Å². The molecule has 0 aliphatic carbocycles. The molecule has 1 saturated heterocycles. The maximum absolute atomic E-state index is 12.2. The lowest BCUT2D eigenvalue weighted by atomic mass is 9.88. The Kier molecular flexibility index (Phi) is 7.98. The van der Waals surface area contributed by atoms with E-state index in [2.05, 4.69) is 39.8 Å². The molecule has 1 aromatic heterocycles. The van der Waals surface area contributed by atoms with Crippen LogP contribution in [0, 0.1) is 5.41 Å². The number of amides is 1. The highest BCUT2D eigenvalue weighted by molar-refractivity contribution is 8.27. The van der Waals surface area contributed by atoms with Crippen LogP contribution in [0.4, 0.5) is 10.5 Å². The van der Waals surface area contributed by atoms with E-state index < -0.39 is 6.04 Å². The van der Waals surface area contributed by atoms with Crippen LogP contribution in [0.3, 0.4) is 0 Å². The van der Waals surface area contributed by atoms with Crippen LogP contribution in [0.1, 0.15) is 58.6 Å². The van der Waals surface area contributed by atoms with Crippen LogP contribution in [0.15, 0.2) is 47.1 Å². The van der Waals surface area contributed by atoms with Crippen molar-refractivity contribution in [2.75, 3.05) is 18.1 Å². The predicted molar refractivity (Wildman–Crippen MR) is 145 cm³/mol. The monoisotopic (exact) mass is 509 g/mol. The fraction of sp³-hybridized carbons (Fsp3) is 0.448. The van der Waals surface area contributed by atoms with E-state index in [1.165, 1.54) is 15.8 Å². The van der Waals surface area contributed by atoms with Crippen molar-refractivity contribution < 1.29 is 23.5 Å². The molecule has 0 bridgehead atoms. The van der Waals surface area contributed by atoms with Gasteiger partial charge in [0.25, 0.3) is 5.24 Å². The SMILES string of the molecule is CCCc1c(OCCCOc2cccc(N3C(=O)SC(=O)C3C)c2)ccc2c(CC(C)(C)C)coc12. The van der Waals surface area contributed by atoms with Gasteiger partial charge in [0.05, 0.1) is 19.5 Å². The fourth-order valence-electron chi connectivity index (χ4n) is 4.49. The fourth-order valence-corrected chi connectivity index (χ4v) is 5.30. The van der Waals surface area contributed by atoms with Gasteiger partial charge in [-0.05, 0) is 55.0 Å². The zero-order chi connectivity index (χ0) is 25.9. The maximum Gasteiger partial charge on any atom is 0.294 e. The Hall–Kier alpha value is -2.93. The molecular formula is C29H35NO5S. The summed E-state index contributed by atoms with van der Waals surface area (Å²) in [5.74, 6) is 1.53. The Morgan fingerprint density at radius 3 is 2.56 bits per heavy atom. The van der Waals surface area contributed by atoms with Gasteiger partial charge in [0.2, 0.25) is 5.12 Å². The Bertz CT molecular complexity index is 1240. The smallest absolute Gasteiger partial charge is 0.294 e. The van der Waals surface area contributed by atoms with Crippen LogP contribution in [0.2, 0.25) is 0 Å². The standard InChI is InChI=1S/C29H35NO5S/c1-6-9-24-25(13-12-23-20(17-29(3,4)5)18-35-26(23)24)34-15-8-14-33-22-11-7-10-21(16-22)30-19(2)27(31)36-28(30)32/h7,10-13,16,18-19H,6,8-9,14-15,17H2,1-5H3. The van der Waals surface area contributed by atoms with E-state index >= 15 is 0 Å². The molecule has 2 heterocycles. The van der Waals surface area contributed by atoms with Crippen LogP contribution in [0.5, 0.6) is 11.5 Å². The highest BCUT2D eigenvalue weighted by atomic mass is 32.2. The van der Waals surface area contributed by atoms with Crippen molar-refractivity contribution in [1.29, 1.82) is 0 Å². The number of fused-ring (bicyclic) bond motifs is 1. The van der Waals surface area contributed by atoms with Gasteiger partial charge in [0.1, 0.15) is 23.1 Å². The molecule has 1 aliphatic heterocycles. The molecule has 1 unspecified atom stereocenters. The number of nitrogens with zero attached hydrogens (tertiary/aromatic N) is 1. The Morgan fingerprint density at radius 1 is 1.08 bits per heavy atom. The van der Waals surface area contributed by atoms with Crippen LogP contribution in [-0.4, -0.2) is 29.6 Å². The topological polar surface area (TPSA) is 69.0 Å². The number of furan rings is 1. The van der Waals surface area contributed by atoms with Crippen molar-refractivity contribution in [3.05, 3.63) is 53.8 Å². The summed E-state index contributed by atoms with van der Waals surface area (Å²) >= 11 is 0.752. The van der Waals surface area contributed by atoms with E-state index in [0.29, 0.717) is 31.1 Å². The summed E-state index contributed by atoms with van der Waals surface area (Å²) in [6.45, 7) is 11.6. The van der Waals surface area contributed by atoms with Gasteiger partial charge in [-0.1, -0.05) is 40.2 Å². The molecule has 1 fully saturated rings. The second-order valence-corrected chi connectivity index (χ2v) is 11.4. The first-order valence-electron chi connectivity index (χ1n) is 12.6. The van der Waals surface area contributed by atoms with Gasteiger partial charge in [-0.15, -0.1) is 0 Å². The van der Waals surface area contributed by atoms with Gasteiger partial charge in [0, 0.05) is 40.9 Å². The molecule has 0 radical (unpaired) electrons. The summed E-state index contributed by atoms with van der Waals surface area (Å²) in [6.07, 6.45) is 5.46. The van der Waals surface area contributed by atoms with Crippen molar-refractivity contribution >= 4 is 38.8 Å². The van der Waals surface area contributed by atoms with Gasteiger partial charge in [-0.3, -0.25) is 14.5 Å². The normalized spacial score (nSPS) is 16.2. The second-order valence-electron chi connectivity index (χ2n) is 10.4. The van der Waals surface area contributed by atoms with Crippen LogP contribution in [0.25, 0.3) is 11.0 Å². The molecule has 192 valence electrons. The van der Waals surface area contributed by atoms with Crippen molar-refractivity contribution in [3.63, 3.8) is 0 Å². The number of carbonyl (C=O) groups is 2. The molecule has 0 saturated carbocycles. The number of hydrogen-bond acceptors (Lipinski definition) is 6. The molecule has 7 heteroatoms. The molecule has 1 atom stereocenters. The number of anilines is 1. The van der Waals surface area contributed by atoms with Crippen LogP contribution < -0.4 is 14.4 Å². The average molecular weight is 510 g/mol. The molecule has 2 aromatic carbocycles. The van der Waals surface area contributed by atoms with Crippen molar-refractivity contribution in [3.8, 4) is 11.5 Å². The molecule has 3 aromatic rings. The number of aryl methyl sites for hydroxylation is 1. The Balaban J connectivity index is 1.35. The van der Waals surface area contributed by atoms with Crippen molar-refractivity contribution in [2.24, 2.45) is 5.41 Å². The zero-order valence-electron chi connectivity index (χ0n) is 21.8. The van der Waals surface area contributed by atoms with Gasteiger partial charge >= 0.3 is 0 Å². The zero-order valence-corrected chi connectivity index (χ0v) is 22.6. The third-order valence-corrected chi connectivity index (χ3v) is 7.04. The summed E-state index contributed by atoms with van der Waals surface area (Å²) in [4.78, 5) is 25.5. The summed E-state index contributed by atoms with van der Waals surface area (Å²) in [5, 5.41) is 0.791. The first-order chi connectivity index (χ1) is 17.2. The molecule has 1 aliphatic rings. The van der Waals surface area contributed by atoms with Crippen molar-refractivity contribution in [2.45, 2.75) is 66.3 Å². The van der Waals surface area contributed by atoms with E-state index in [4.69, 9.17) is 13.9 Å². The largest absolute Gasteiger partial charge is 0.493 e. The number of rotatable bonds is 10. The van der Waals surface area contributed by atoms with Gasteiger partial charge < -0.3 is 13.9 Å². The predicted octanol–water partition coefficient (Wildman–Crippen LogP) is 7.41.